The molecular weight excluding hydrogens is 206 g/mol. The van der Waals surface area contributed by atoms with Crippen molar-refractivity contribution in [2.24, 2.45) is 5.92 Å². The monoisotopic (exact) mass is 219 g/mol. The Labute approximate surface area is 93.9 Å². The number of rotatable bonds is 4. The van der Waals surface area contributed by atoms with Gasteiger partial charge in [0.1, 0.15) is 11.8 Å². The minimum Gasteiger partial charge on any atom is -0.481 e. The maximum Gasteiger partial charge on any atom is 0.308 e. The Bertz CT molecular complexity index is 425. The Kier molecular flexibility index (Phi) is 3.84. The van der Waals surface area contributed by atoms with Crippen LogP contribution in [-0.4, -0.2) is 29.7 Å². The summed E-state index contributed by atoms with van der Waals surface area (Å²) in [6.07, 6.45) is 1.54. The van der Waals surface area contributed by atoms with Crippen LogP contribution in [0.4, 0.5) is 5.69 Å². The van der Waals surface area contributed by atoms with Crippen molar-refractivity contribution in [1.29, 1.82) is 5.26 Å². The number of aliphatic carboxylic acids is 1. The average molecular weight is 219 g/mol. The zero-order chi connectivity index (χ0) is 12.1. The van der Waals surface area contributed by atoms with Gasteiger partial charge >= 0.3 is 5.97 Å². The highest BCUT2D eigenvalue weighted by atomic mass is 16.4. The van der Waals surface area contributed by atoms with Crippen molar-refractivity contribution in [3.8, 4) is 6.07 Å². The van der Waals surface area contributed by atoms with E-state index in [4.69, 9.17) is 10.4 Å². The van der Waals surface area contributed by atoms with Crippen LogP contribution in [0, 0.1) is 17.2 Å². The number of nitriles is 1. The summed E-state index contributed by atoms with van der Waals surface area (Å²) >= 11 is 0. The van der Waals surface area contributed by atoms with Crippen molar-refractivity contribution < 1.29 is 9.90 Å². The van der Waals surface area contributed by atoms with E-state index < -0.39 is 11.9 Å². The molecule has 0 aromatic carbocycles. The molecule has 5 heteroatoms. The molecule has 0 bridgehead atoms. The van der Waals surface area contributed by atoms with Crippen LogP contribution in [0.3, 0.4) is 0 Å². The number of pyridine rings is 1. The molecular formula is C11H13N3O2. The summed E-state index contributed by atoms with van der Waals surface area (Å²) < 4.78 is 0. The van der Waals surface area contributed by atoms with E-state index >= 15 is 0 Å². The summed E-state index contributed by atoms with van der Waals surface area (Å²) in [5.41, 5.74) is 1.12. The average Bonchev–Trinajstić information content (AvgIpc) is 2.28. The molecule has 16 heavy (non-hydrogen) atoms. The van der Waals surface area contributed by atoms with Gasteiger partial charge in [0.25, 0.3) is 0 Å². The van der Waals surface area contributed by atoms with Gasteiger partial charge in [-0.3, -0.25) is 4.79 Å². The van der Waals surface area contributed by atoms with Crippen LogP contribution in [0.25, 0.3) is 0 Å². The number of aromatic nitrogens is 1. The van der Waals surface area contributed by atoms with Crippen LogP contribution in [0.1, 0.15) is 12.6 Å². The number of anilines is 1. The minimum absolute atomic E-state index is 0.326. The zero-order valence-corrected chi connectivity index (χ0v) is 9.21. The SMILES string of the molecule is CC(CN(C)c1ccnc(C#N)c1)C(=O)O. The molecule has 1 aromatic heterocycles. The molecule has 0 saturated heterocycles. The molecule has 0 aliphatic rings. The maximum atomic E-state index is 10.7. The molecule has 84 valence electrons. The quantitative estimate of drug-likeness (QED) is 0.820. The van der Waals surface area contributed by atoms with Gasteiger partial charge in [-0.15, -0.1) is 0 Å². The first-order valence-electron chi connectivity index (χ1n) is 4.84. The number of carboxylic acid groups (broad SMARTS) is 1. The fourth-order valence-corrected chi connectivity index (χ4v) is 1.31. The maximum absolute atomic E-state index is 10.7. The van der Waals surface area contributed by atoms with Crippen LogP contribution < -0.4 is 4.90 Å². The molecule has 1 atom stereocenters. The number of carbonyl (C=O) groups is 1. The Balaban J connectivity index is 2.77. The first-order valence-corrected chi connectivity index (χ1v) is 4.84. The van der Waals surface area contributed by atoms with Gasteiger partial charge in [0.15, 0.2) is 0 Å². The standard InChI is InChI=1S/C11H13N3O2/c1-8(11(15)16)7-14(2)10-3-4-13-9(5-10)6-12/h3-5,8H,7H2,1-2H3,(H,15,16). The molecule has 1 heterocycles. The van der Waals surface area contributed by atoms with Crippen molar-refractivity contribution in [2.45, 2.75) is 6.92 Å². The van der Waals surface area contributed by atoms with E-state index in [-0.39, 0.29) is 0 Å². The van der Waals surface area contributed by atoms with Crippen LogP contribution in [-0.2, 0) is 4.79 Å². The molecule has 0 radical (unpaired) electrons. The van der Waals surface area contributed by atoms with E-state index in [2.05, 4.69) is 4.98 Å². The first-order chi connectivity index (χ1) is 7.54. The van der Waals surface area contributed by atoms with Gasteiger partial charge in [-0.2, -0.15) is 5.26 Å². The summed E-state index contributed by atoms with van der Waals surface area (Å²) in [5.74, 6) is -1.29. The molecule has 0 saturated carbocycles. The van der Waals surface area contributed by atoms with Crippen molar-refractivity contribution in [1.82, 2.24) is 4.98 Å². The van der Waals surface area contributed by atoms with E-state index in [1.54, 1.807) is 31.0 Å². The normalized spacial score (nSPS) is 11.6. The molecule has 0 spiro atoms. The van der Waals surface area contributed by atoms with Crippen LogP contribution in [0.2, 0.25) is 0 Å². The van der Waals surface area contributed by atoms with E-state index in [9.17, 15) is 4.79 Å². The second kappa shape index (κ2) is 5.12. The second-order valence-corrected chi connectivity index (χ2v) is 3.63. The second-order valence-electron chi connectivity index (χ2n) is 3.63. The summed E-state index contributed by atoms with van der Waals surface area (Å²) in [4.78, 5) is 16.3. The third-order valence-electron chi connectivity index (χ3n) is 2.27. The Morgan fingerprint density at radius 3 is 3.00 bits per heavy atom. The van der Waals surface area contributed by atoms with Crippen molar-refractivity contribution in [2.75, 3.05) is 18.5 Å². The predicted octanol–water partition coefficient (Wildman–Crippen LogP) is 1.11. The lowest BCUT2D eigenvalue weighted by Crippen LogP contribution is -2.28. The molecule has 0 amide bonds. The predicted molar refractivity (Wildman–Crippen MR) is 59.0 cm³/mol. The van der Waals surface area contributed by atoms with Gasteiger partial charge < -0.3 is 10.0 Å². The van der Waals surface area contributed by atoms with E-state index in [0.29, 0.717) is 12.2 Å². The number of hydrogen-bond acceptors (Lipinski definition) is 4. The highest BCUT2D eigenvalue weighted by Crippen LogP contribution is 2.14. The lowest BCUT2D eigenvalue weighted by atomic mass is 10.1. The fraction of sp³-hybridized carbons (Fsp3) is 0.364. The van der Waals surface area contributed by atoms with E-state index in [0.717, 1.165) is 5.69 Å². The summed E-state index contributed by atoms with van der Waals surface area (Å²) in [7, 11) is 1.79. The van der Waals surface area contributed by atoms with E-state index in [1.807, 2.05) is 6.07 Å². The smallest absolute Gasteiger partial charge is 0.308 e. The Morgan fingerprint density at radius 1 is 1.75 bits per heavy atom. The van der Waals surface area contributed by atoms with Crippen molar-refractivity contribution in [3.63, 3.8) is 0 Å². The Hall–Kier alpha value is -2.09. The third-order valence-corrected chi connectivity index (χ3v) is 2.27. The first kappa shape index (κ1) is 12.0. The molecule has 0 fully saturated rings. The largest absolute Gasteiger partial charge is 0.481 e. The topological polar surface area (TPSA) is 77.2 Å². The highest BCUT2D eigenvalue weighted by Gasteiger charge is 2.14. The third kappa shape index (κ3) is 2.95. The molecule has 1 N–H and O–H groups in total. The van der Waals surface area contributed by atoms with E-state index in [1.165, 1.54) is 6.20 Å². The summed E-state index contributed by atoms with van der Waals surface area (Å²) in [5, 5.41) is 17.5. The van der Waals surface area contributed by atoms with Crippen LogP contribution in [0.5, 0.6) is 0 Å². The molecule has 0 aliphatic carbocycles. The number of hydrogen-bond donors (Lipinski definition) is 1. The lowest BCUT2D eigenvalue weighted by molar-refractivity contribution is -0.140. The molecule has 5 nitrogen and oxygen atoms in total. The summed E-state index contributed by atoms with van der Waals surface area (Å²) in [6.45, 7) is 2.04. The summed E-state index contributed by atoms with van der Waals surface area (Å²) in [6, 6.07) is 5.32. The van der Waals surface area contributed by atoms with Crippen LogP contribution in [0.15, 0.2) is 18.3 Å². The van der Waals surface area contributed by atoms with Gasteiger partial charge in [-0.05, 0) is 12.1 Å². The lowest BCUT2D eigenvalue weighted by Gasteiger charge is -2.21. The van der Waals surface area contributed by atoms with Crippen LogP contribution >= 0.6 is 0 Å². The number of carboxylic acids is 1. The molecule has 1 unspecified atom stereocenters. The zero-order valence-electron chi connectivity index (χ0n) is 9.21. The molecule has 0 aliphatic heterocycles. The van der Waals surface area contributed by atoms with Crippen molar-refractivity contribution >= 4 is 11.7 Å². The van der Waals surface area contributed by atoms with Gasteiger partial charge in [-0.1, -0.05) is 6.92 Å². The molecule has 1 aromatic rings. The van der Waals surface area contributed by atoms with Crippen molar-refractivity contribution in [3.05, 3.63) is 24.0 Å². The van der Waals surface area contributed by atoms with Gasteiger partial charge in [0.2, 0.25) is 0 Å². The molecule has 1 rings (SSSR count). The number of nitrogens with zero attached hydrogens (tertiary/aromatic N) is 3. The van der Waals surface area contributed by atoms with Gasteiger partial charge in [0, 0.05) is 25.5 Å². The highest BCUT2D eigenvalue weighted by molar-refractivity contribution is 5.70. The minimum atomic E-state index is -0.832. The Morgan fingerprint density at radius 2 is 2.44 bits per heavy atom. The van der Waals surface area contributed by atoms with Gasteiger partial charge in [0.05, 0.1) is 5.92 Å². The fourth-order valence-electron chi connectivity index (χ4n) is 1.31. The van der Waals surface area contributed by atoms with Gasteiger partial charge in [-0.25, -0.2) is 4.98 Å².